The Balaban J connectivity index is 1.86. The number of hydrogen-bond acceptors (Lipinski definition) is 5. The second kappa shape index (κ2) is 9.37. The molecule has 0 saturated carbocycles. The summed E-state index contributed by atoms with van der Waals surface area (Å²) in [6.07, 6.45) is 3.93. The zero-order valence-corrected chi connectivity index (χ0v) is 20.5. The normalized spacial score (nSPS) is 12.8. The first-order valence-electron chi connectivity index (χ1n) is 11.8. The number of hydrogen-bond donors (Lipinski definition) is 0. The van der Waals surface area contributed by atoms with Crippen LogP contribution in [0.5, 0.6) is 23.0 Å². The Bertz CT molecular complexity index is 1390. The van der Waals surface area contributed by atoms with Crippen LogP contribution in [0, 0.1) is 5.21 Å². The molecule has 0 saturated heterocycles. The van der Waals surface area contributed by atoms with Gasteiger partial charge in [-0.1, -0.05) is 30.3 Å². The van der Waals surface area contributed by atoms with Crippen molar-refractivity contribution >= 4 is 10.8 Å². The highest BCUT2D eigenvalue weighted by Gasteiger charge is 2.30. The van der Waals surface area contributed by atoms with Crippen molar-refractivity contribution in [3.8, 4) is 45.5 Å². The fourth-order valence-electron chi connectivity index (χ4n) is 5.17. The molecule has 0 bridgehead atoms. The molecule has 0 spiro atoms. The summed E-state index contributed by atoms with van der Waals surface area (Å²) in [4.78, 5) is 0. The van der Waals surface area contributed by atoms with E-state index in [1.54, 1.807) is 28.4 Å². The number of rotatable bonds is 6. The molecule has 4 aromatic rings. The lowest BCUT2D eigenvalue weighted by Gasteiger charge is -2.23. The maximum atomic E-state index is 14.3. The molecule has 35 heavy (non-hydrogen) atoms. The summed E-state index contributed by atoms with van der Waals surface area (Å²) >= 11 is 0. The van der Waals surface area contributed by atoms with E-state index in [-0.39, 0.29) is 0 Å². The van der Waals surface area contributed by atoms with E-state index in [1.807, 2.05) is 42.5 Å². The van der Waals surface area contributed by atoms with Crippen molar-refractivity contribution in [1.82, 2.24) is 0 Å². The molecule has 5 rings (SSSR count). The Labute approximate surface area is 205 Å². The molecule has 0 fully saturated rings. The molecule has 180 valence electrons. The second-order valence-corrected chi connectivity index (χ2v) is 8.66. The van der Waals surface area contributed by atoms with Crippen molar-refractivity contribution in [2.24, 2.45) is 0 Å². The molecular weight excluding hydrogens is 442 g/mol. The highest BCUT2D eigenvalue weighted by molar-refractivity contribution is 5.99. The van der Waals surface area contributed by atoms with Gasteiger partial charge in [0.2, 0.25) is 17.1 Å². The third kappa shape index (κ3) is 3.79. The Hall–Kier alpha value is -3.93. The lowest BCUT2D eigenvalue weighted by atomic mass is 9.86. The lowest BCUT2D eigenvalue weighted by Crippen LogP contribution is -2.35. The molecule has 6 heteroatoms. The minimum atomic E-state index is 0.491. The number of nitrogens with zero attached hydrogens (tertiary/aromatic N) is 1. The number of aromatic nitrogens is 1. The third-order valence-corrected chi connectivity index (χ3v) is 6.84. The smallest absolute Gasteiger partial charge is 0.232 e. The number of benzene rings is 3. The van der Waals surface area contributed by atoms with E-state index >= 15 is 0 Å². The number of fused-ring (bicyclic) bond motifs is 2. The number of aryl methyl sites for hydroxylation is 1. The van der Waals surface area contributed by atoms with E-state index in [4.69, 9.17) is 18.9 Å². The molecule has 0 N–H and O–H groups in total. The van der Waals surface area contributed by atoms with Gasteiger partial charge in [-0.15, -0.1) is 0 Å². The molecule has 0 atom stereocenters. The van der Waals surface area contributed by atoms with Gasteiger partial charge < -0.3 is 24.2 Å². The molecule has 1 heterocycles. The topological polar surface area (TPSA) is 63.9 Å². The predicted molar refractivity (Wildman–Crippen MR) is 137 cm³/mol. The Morgan fingerprint density at radius 3 is 2.11 bits per heavy atom. The van der Waals surface area contributed by atoms with Crippen LogP contribution in [0.2, 0.25) is 0 Å². The van der Waals surface area contributed by atoms with Gasteiger partial charge in [0.15, 0.2) is 11.5 Å². The zero-order valence-electron chi connectivity index (χ0n) is 20.5. The van der Waals surface area contributed by atoms with Crippen LogP contribution in [-0.2, 0) is 12.8 Å². The van der Waals surface area contributed by atoms with Crippen LogP contribution < -0.4 is 23.7 Å². The van der Waals surface area contributed by atoms with Crippen molar-refractivity contribution in [2.45, 2.75) is 25.7 Å². The summed E-state index contributed by atoms with van der Waals surface area (Å²) < 4.78 is 23.5. The van der Waals surface area contributed by atoms with Crippen LogP contribution in [0.4, 0.5) is 0 Å². The van der Waals surface area contributed by atoms with Crippen LogP contribution in [-0.4, -0.2) is 28.4 Å². The molecule has 6 nitrogen and oxygen atoms in total. The molecule has 0 unspecified atom stereocenters. The monoisotopic (exact) mass is 471 g/mol. The average molecular weight is 472 g/mol. The summed E-state index contributed by atoms with van der Waals surface area (Å²) in [6.45, 7) is 0. The summed E-state index contributed by atoms with van der Waals surface area (Å²) in [5, 5.41) is 16.3. The van der Waals surface area contributed by atoms with E-state index in [1.165, 1.54) is 5.56 Å². The number of methoxy groups -OCH3 is 4. The van der Waals surface area contributed by atoms with Crippen molar-refractivity contribution < 1.29 is 23.7 Å². The first-order valence-corrected chi connectivity index (χ1v) is 11.8. The molecular formula is C29H29NO5. The van der Waals surface area contributed by atoms with E-state index in [2.05, 4.69) is 12.1 Å². The first kappa shape index (κ1) is 22.8. The Morgan fingerprint density at radius 2 is 1.43 bits per heavy atom. The van der Waals surface area contributed by atoms with Gasteiger partial charge in [0, 0.05) is 11.6 Å². The van der Waals surface area contributed by atoms with Crippen molar-refractivity contribution in [3.63, 3.8) is 0 Å². The van der Waals surface area contributed by atoms with E-state index in [0.717, 1.165) is 52.3 Å². The van der Waals surface area contributed by atoms with Crippen LogP contribution in [0.3, 0.4) is 0 Å². The predicted octanol–water partition coefficient (Wildman–Crippen LogP) is 5.72. The molecule has 0 aliphatic heterocycles. The fourth-order valence-corrected chi connectivity index (χ4v) is 5.17. The number of ether oxygens (including phenoxy) is 4. The molecule has 3 aromatic carbocycles. The molecule has 1 aliphatic carbocycles. The summed E-state index contributed by atoms with van der Waals surface area (Å²) in [5.41, 5.74) is 5.00. The van der Waals surface area contributed by atoms with Gasteiger partial charge in [0.05, 0.1) is 39.6 Å². The van der Waals surface area contributed by atoms with E-state index in [9.17, 15) is 5.21 Å². The van der Waals surface area contributed by atoms with Crippen molar-refractivity contribution in [2.75, 3.05) is 28.4 Å². The first-order chi connectivity index (χ1) is 17.1. The van der Waals surface area contributed by atoms with Crippen molar-refractivity contribution in [1.29, 1.82) is 0 Å². The summed E-state index contributed by atoms with van der Waals surface area (Å²) in [7, 11) is 6.37. The molecule has 1 aromatic heterocycles. The van der Waals surface area contributed by atoms with Gasteiger partial charge in [-0.05, 0) is 60.2 Å². The fraction of sp³-hybridized carbons (Fsp3) is 0.276. The lowest BCUT2D eigenvalue weighted by molar-refractivity contribution is -0.582. The van der Waals surface area contributed by atoms with E-state index < -0.39 is 0 Å². The van der Waals surface area contributed by atoms with Crippen LogP contribution in [0.15, 0.2) is 54.6 Å². The average Bonchev–Trinajstić information content (AvgIpc) is 2.91. The quantitative estimate of drug-likeness (QED) is 0.266. The third-order valence-electron chi connectivity index (χ3n) is 6.84. The summed E-state index contributed by atoms with van der Waals surface area (Å²) in [6, 6.07) is 17.7. The second-order valence-electron chi connectivity index (χ2n) is 8.66. The van der Waals surface area contributed by atoms with E-state index in [0.29, 0.717) is 39.9 Å². The van der Waals surface area contributed by atoms with Gasteiger partial charge in [-0.25, -0.2) is 0 Å². The van der Waals surface area contributed by atoms with Gasteiger partial charge in [-0.2, -0.15) is 4.73 Å². The Morgan fingerprint density at radius 1 is 0.743 bits per heavy atom. The van der Waals surface area contributed by atoms with Crippen LogP contribution in [0.1, 0.15) is 24.0 Å². The van der Waals surface area contributed by atoms with Gasteiger partial charge in [0.1, 0.15) is 5.75 Å². The maximum Gasteiger partial charge on any atom is 0.232 e. The minimum Gasteiger partial charge on any atom is -0.618 e. The molecule has 0 radical (unpaired) electrons. The standard InChI is InChI=1S/C29H29NO5/c1-32-24-14-13-18-9-5-7-11-21(18)27(24)28-22-12-8-6-10-19(22)15-23(30(28)31)20-16-25(33-2)29(35-4)26(17-20)34-3/h5,7,9,11,13-17H,6,8,10,12H2,1-4H3. The number of pyridine rings is 1. The molecule has 1 aliphatic rings. The van der Waals surface area contributed by atoms with Gasteiger partial charge >= 0.3 is 0 Å². The Kier molecular flexibility index (Phi) is 6.12. The highest BCUT2D eigenvalue weighted by atomic mass is 16.5. The zero-order chi connectivity index (χ0) is 24.5. The molecule has 0 amide bonds. The largest absolute Gasteiger partial charge is 0.618 e. The van der Waals surface area contributed by atoms with Crippen molar-refractivity contribution in [3.05, 3.63) is 70.9 Å². The van der Waals surface area contributed by atoms with Gasteiger partial charge in [-0.3, -0.25) is 0 Å². The maximum absolute atomic E-state index is 14.3. The van der Waals surface area contributed by atoms with Crippen LogP contribution >= 0.6 is 0 Å². The minimum absolute atomic E-state index is 0.491. The SMILES string of the molecule is COc1cc(-c2cc3c(c(-c4c(OC)ccc5ccccc45)[n+]2[O-])CCCC3)cc(OC)c1OC. The summed E-state index contributed by atoms with van der Waals surface area (Å²) in [5.74, 6) is 2.18. The highest BCUT2D eigenvalue weighted by Crippen LogP contribution is 2.43. The van der Waals surface area contributed by atoms with Gasteiger partial charge in [0.25, 0.3) is 0 Å². The van der Waals surface area contributed by atoms with Crippen LogP contribution in [0.25, 0.3) is 33.3 Å².